The van der Waals surface area contributed by atoms with Crippen molar-refractivity contribution in [2.24, 2.45) is 5.73 Å². The molecule has 0 radical (unpaired) electrons. The lowest BCUT2D eigenvalue weighted by molar-refractivity contribution is 0.420. The van der Waals surface area contributed by atoms with E-state index in [0.29, 0.717) is 0 Å². The minimum Gasteiger partial charge on any atom is -0.375 e. The minimum atomic E-state index is 0.779. The van der Waals surface area contributed by atoms with Gasteiger partial charge in [0.05, 0.1) is 0 Å². The van der Waals surface area contributed by atoms with Crippen molar-refractivity contribution in [2.45, 2.75) is 19.3 Å². The molecular formula is C10H18N2. The van der Waals surface area contributed by atoms with Crippen molar-refractivity contribution < 1.29 is 0 Å². The quantitative estimate of drug-likeness (QED) is 0.685. The first-order valence-corrected chi connectivity index (χ1v) is 4.62. The van der Waals surface area contributed by atoms with Gasteiger partial charge >= 0.3 is 0 Å². The van der Waals surface area contributed by atoms with Crippen LogP contribution in [0, 0.1) is 0 Å². The van der Waals surface area contributed by atoms with E-state index in [2.05, 4.69) is 30.2 Å². The van der Waals surface area contributed by atoms with E-state index >= 15 is 0 Å². The molecule has 0 heterocycles. The summed E-state index contributed by atoms with van der Waals surface area (Å²) in [5, 5.41) is 0. The molecule has 0 amide bonds. The zero-order valence-electron chi connectivity index (χ0n) is 7.79. The maximum Gasteiger partial charge on any atom is 0.0319 e. The summed E-state index contributed by atoms with van der Waals surface area (Å²) in [5.41, 5.74) is 6.78. The lowest BCUT2D eigenvalue weighted by Gasteiger charge is -2.21. The van der Waals surface area contributed by atoms with Crippen molar-refractivity contribution in [3.8, 4) is 0 Å². The van der Waals surface area contributed by atoms with Gasteiger partial charge in [-0.1, -0.05) is 12.2 Å². The third-order valence-electron chi connectivity index (χ3n) is 2.11. The van der Waals surface area contributed by atoms with Crippen molar-refractivity contribution in [1.82, 2.24) is 4.90 Å². The summed E-state index contributed by atoms with van der Waals surface area (Å²) in [5.74, 6) is 0. The Morgan fingerprint density at radius 3 is 2.92 bits per heavy atom. The number of nitrogens with two attached hydrogens (primary N) is 1. The van der Waals surface area contributed by atoms with E-state index in [1.165, 1.54) is 18.5 Å². The smallest absolute Gasteiger partial charge is 0.0319 e. The lowest BCUT2D eigenvalue weighted by Crippen LogP contribution is -2.20. The van der Waals surface area contributed by atoms with Crippen LogP contribution in [0.3, 0.4) is 0 Å². The van der Waals surface area contributed by atoms with Gasteiger partial charge < -0.3 is 10.6 Å². The summed E-state index contributed by atoms with van der Waals surface area (Å²) in [6.07, 6.45) is 10.2. The number of nitrogens with zero attached hydrogens (tertiary/aromatic N) is 1. The molecule has 2 nitrogen and oxygen atoms in total. The topological polar surface area (TPSA) is 29.3 Å². The van der Waals surface area contributed by atoms with E-state index in [0.717, 1.165) is 19.5 Å². The van der Waals surface area contributed by atoms with Crippen LogP contribution in [0.1, 0.15) is 19.3 Å². The van der Waals surface area contributed by atoms with Crippen LogP contribution in [0.25, 0.3) is 0 Å². The van der Waals surface area contributed by atoms with Gasteiger partial charge in [0.2, 0.25) is 0 Å². The highest BCUT2D eigenvalue weighted by molar-refractivity contribution is 5.20. The zero-order chi connectivity index (χ0) is 8.81. The van der Waals surface area contributed by atoms with Crippen LogP contribution in [0.15, 0.2) is 23.9 Å². The Kier molecular flexibility index (Phi) is 3.88. The highest BCUT2D eigenvalue weighted by atomic mass is 15.1. The first-order valence-electron chi connectivity index (χ1n) is 4.62. The van der Waals surface area contributed by atoms with Gasteiger partial charge in [0, 0.05) is 19.3 Å². The van der Waals surface area contributed by atoms with Gasteiger partial charge in [-0.2, -0.15) is 0 Å². The van der Waals surface area contributed by atoms with Crippen LogP contribution >= 0.6 is 0 Å². The summed E-state index contributed by atoms with van der Waals surface area (Å²) >= 11 is 0. The molecule has 0 fully saturated rings. The molecular weight excluding hydrogens is 148 g/mol. The second kappa shape index (κ2) is 4.99. The van der Waals surface area contributed by atoms with Crippen molar-refractivity contribution in [1.29, 1.82) is 0 Å². The molecule has 0 saturated carbocycles. The Labute approximate surface area is 74.7 Å². The van der Waals surface area contributed by atoms with Crippen molar-refractivity contribution in [2.75, 3.05) is 20.1 Å². The fraction of sp³-hybridized carbons (Fsp3) is 0.600. The van der Waals surface area contributed by atoms with Gasteiger partial charge in [0.1, 0.15) is 0 Å². The highest BCUT2D eigenvalue weighted by Crippen LogP contribution is 2.12. The maximum atomic E-state index is 5.44. The van der Waals surface area contributed by atoms with E-state index in [9.17, 15) is 0 Å². The predicted molar refractivity (Wildman–Crippen MR) is 52.8 cm³/mol. The van der Waals surface area contributed by atoms with Crippen LogP contribution in [-0.4, -0.2) is 25.0 Å². The van der Waals surface area contributed by atoms with Crippen molar-refractivity contribution in [3.05, 3.63) is 23.9 Å². The van der Waals surface area contributed by atoms with Gasteiger partial charge in [0.15, 0.2) is 0 Å². The molecule has 0 atom stereocenters. The second-order valence-electron chi connectivity index (χ2n) is 3.17. The molecule has 0 aliphatic heterocycles. The summed E-state index contributed by atoms with van der Waals surface area (Å²) in [4.78, 5) is 2.27. The van der Waals surface area contributed by atoms with E-state index in [4.69, 9.17) is 5.73 Å². The molecule has 0 spiro atoms. The third kappa shape index (κ3) is 2.70. The average Bonchev–Trinajstić information content (AvgIpc) is 2.15. The Morgan fingerprint density at radius 1 is 1.50 bits per heavy atom. The largest absolute Gasteiger partial charge is 0.375 e. The normalized spacial score (nSPS) is 16.0. The van der Waals surface area contributed by atoms with Gasteiger partial charge in [-0.3, -0.25) is 0 Å². The summed E-state index contributed by atoms with van der Waals surface area (Å²) in [6, 6.07) is 0. The van der Waals surface area contributed by atoms with Crippen LogP contribution in [0.2, 0.25) is 0 Å². The maximum absolute atomic E-state index is 5.44. The molecule has 0 bridgehead atoms. The Bertz CT molecular complexity index is 182. The van der Waals surface area contributed by atoms with Crippen molar-refractivity contribution >= 4 is 0 Å². The molecule has 12 heavy (non-hydrogen) atoms. The number of hydrogen-bond donors (Lipinski definition) is 1. The van der Waals surface area contributed by atoms with Crippen LogP contribution in [-0.2, 0) is 0 Å². The number of hydrogen-bond acceptors (Lipinski definition) is 2. The lowest BCUT2D eigenvalue weighted by atomic mass is 10.1. The van der Waals surface area contributed by atoms with Gasteiger partial charge in [-0.05, 0) is 31.9 Å². The van der Waals surface area contributed by atoms with E-state index < -0.39 is 0 Å². The third-order valence-corrected chi connectivity index (χ3v) is 2.11. The second-order valence-corrected chi connectivity index (χ2v) is 3.17. The number of allylic oxidation sites excluding steroid dienone is 3. The molecule has 68 valence electrons. The molecule has 1 aliphatic rings. The summed E-state index contributed by atoms with van der Waals surface area (Å²) in [6.45, 7) is 1.84. The van der Waals surface area contributed by atoms with E-state index in [-0.39, 0.29) is 0 Å². The summed E-state index contributed by atoms with van der Waals surface area (Å²) in [7, 11) is 2.12. The van der Waals surface area contributed by atoms with Crippen LogP contribution < -0.4 is 5.73 Å². The SMILES string of the molecule is CN(CCCN)C1=CCCC=C1. The first-order chi connectivity index (χ1) is 5.84. The standard InChI is InChI=1S/C10H18N2/c1-12(9-5-8-11)10-6-3-2-4-7-10/h3,6-7H,2,4-5,8-9,11H2,1H3. The van der Waals surface area contributed by atoms with Crippen molar-refractivity contribution in [3.63, 3.8) is 0 Å². The van der Waals surface area contributed by atoms with E-state index in [1.54, 1.807) is 0 Å². The molecule has 0 aromatic rings. The average molecular weight is 166 g/mol. The van der Waals surface area contributed by atoms with Crippen LogP contribution in [0.4, 0.5) is 0 Å². The van der Waals surface area contributed by atoms with Crippen LogP contribution in [0.5, 0.6) is 0 Å². The molecule has 0 saturated heterocycles. The number of rotatable bonds is 4. The molecule has 0 aromatic heterocycles. The molecule has 0 aromatic carbocycles. The minimum absolute atomic E-state index is 0.779. The molecule has 2 N–H and O–H groups in total. The molecule has 2 heteroatoms. The summed E-state index contributed by atoms with van der Waals surface area (Å²) < 4.78 is 0. The van der Waals surface area contributed by atoms with E-state index in [1.807, 2.05) is 0 Å². The molecule has 0 unspecified atom stereocenters. The fourth-order valence-electron chi connectivity index (χ4n) is 1.34. The zero-order valence-corrected chi connectivity index (χ0v) is 7.79. The molecule has 1 aliphatic carbocycles. The van der Waals surface area contributed by atoms with Gasteiger partial charge in [-0.15, -0.1) is 0 Å². The van der Waals surface area contributed by atoms with Gasteiger partial charge in [-0.25, -0.2) is 0 Å². The predicted octanol–water partition coefficient (Wildman–Crippen LogP) is 1.50. The first kappa shape index (κ1) is 9.33. The van der Waals surface area contributed by atoms with Gasteiger partial charge in [0.25, 0.3) is 0 Å². The fourth-order valence-corrected chi connectivity index (χ4v) is 1.34. The monoisotopic (exact) mass is 166 g/mol. The number of likely N-dealkylation sites (N-methyl/N-ethyl adjacent to an activating group) is 1. The Morgan fingerprint density at radius 2 is 2.33 bits per heavy atom. The molecule has 1 rings (SSSR count). The highest BCUT2D eigenvalue weighted by Gasteiger charge is 2.01. The Balaban J connectivity index is 2.35. The Hall–Kier alpha value is -0.760.